The van der Waals surface area contributed by atoms with Crippen molar-refractivity contribution < 1.29 is 28.9 Å². The highest BCUT2D eigenvalue weighted by Crippen LogP contribution is 2.31. The van der Waals surface area contributed by atoms with Crippen LogP contribution in [0.2, 0.25) is 0 Å². The van der Waals surface area contributed by atoms with Crippen LogP contribution in [0.1, 0.15) is 25.0 Å². The molecule has 39 heavy (non-hydrogen) atoms. The van der Waals surface area contributed by atoms with Crippen LogP contribution in [0.4, 0.5) is 4.39 Å². The topological polar surface area (TPSA) is 138 Å². The Labute approximate surface area is 227 Å². The minimum absolute atomic E-state index is 0.0730. The Kier molecular flexibility index (Phi) is 9.43. The van der Waals surface area contributed by atoms with Gasteiger partial charge in [-0.1, -0.05) is 11.3 Å². The first-order valence-corrected chi connectivity index (χ1v) is 12.8. The van der Waals surface area contributed by atoms with Gasteiger partial charge < -0.3 is 19.7 Å². The molecule has 0 atom stereocenters. The van der Waals surface area contributed by atoms with Crippen LogP contribution in [0.15, 0.2) is 46.2 Å². The first kappa shape index (κ1) is 29.7. The van der Waals surface area contributed by atoms with Crippen molar-refractivity contribution >= 4 is 27.5 Å². The molecule has 3 heterocycles. The molecular weight excluding hydrogens is 531 g/mol. The lowest BCUT2D eigenvalue weighted by atomic mass is 10.1. The number of ether oxygens (including phenoxy) is 2. The molecule has 2 N–H and O–H groups in total. The van der Waals surface area contributed by atoms with Gasteiger partial charge in [-0.05, 0) is 57.0 Å². The number of aryl methyl sites for hydroxylation is 3. The summed E-state index contributed by atoms with van der Waals surface area (Å²) >= 11 is 1.21. The van der Waals surface area contributed by atoms with E-state index in [9.17, 15) is 23.9 Å². The number of carboxylic acids is 1. The van der Waals surface area contributed by atoms with Gasteiger partial charge in [0, 0.05) is 31.6 Å². The zero-order chi connectivity index (χ0) is 28.9. The number of carbonyl (C=O) groups is 1. The second-order valence-electron chi connectivity index (χ2n) is 9.02. The molecule has 210 valence electrons. The smallest absolute Gasteiger partial charge is 0.333 e. The third-order valence-corrected chi connectivity index (χ3v) is 7.43. The summed E-state index contributed by atoms with van der Waals surface area (Å²) in [6.07, 6.45) is 3.53. The molecule has 13 heteroatoms. The highest BCUT2D eigenvalue weighted by atomic mass is 32.1. The number of thiophene rings is 1. The molecule has 4 aromatic rings. The van der Waals surface area contributed by atoms with Gasteiger partial charge in [-0.2, -0.15) is 5.10 Å². The predicted octanol–water partition coefficient (Wildman–Crippen LogP) is 2.55. The second-order valence-corrected chi connectivity index (χ2v) is 10.0. The maximum Gasteiger partial charge on any atom is 0.333 e. The van der Waals surface area contributed by atoms with Crippen molar-refractivity contribution in [2.24, 2.45) is 0 Å². The summed E-state index contributed by atoms with van der Waals surface area (Å²) in [6.45, 7) is 4.99. The lowest BCUT2D eigenvalue weighted by Crippen LogP contribution is -2.52. The van der Waals surface area contributed by atoms with Crippen molar-refractivity contribution in [3.05, 3.63) is 74.4 Å². The monoisotopic (exact) mass is 562 g/mol. The van der Waals surface area contributed by atoms with E-state index in [1.54, 1.807) is 37.2 Å². The molecule has 3 aromatic heterocycles. The zero-order valence-electron chi connectivity index (χ0n) is 22.3. The number of hydrogen-bond donors (Lipinski definition) is 2. The van der Waals surface area contributed by atoms with Gasteiger partial charge in [0.2, 0.25) is 0 Å². The molecule has 0 radical (unpaired) electrons. The molecule has 0 aliphatic carbocycles. The number of nitrogens with zero attached hydrogens (tertiary/aromatic N) is 4. The predicted molar refractivity (Wildman–Crippen MR) is 145 cm³/mol. The Bertz CT molecular complexity index is 1570. The van der Waals surface area contributed by atoms with E-state index in [2.05, 4.69) is 9.84 Å². The number of carboxylic acid groups (broad SMARTS) is 1. The van der Waals surface area contributed by atoms with Gasteiger partial charge in [-0.15, -0.1) is 0 Å². The van der Waals surface area contributed by atoms with Crippen molar-refractivity contribution in [3.8, 4) is 10.8 Å². The number of benzene rings is 1. The van der Waals surface area contributed by atoms with Crippen LogP contribution in [0, 0.1) is 12.7 Å². The standard InChI is InChI=1S/C23H23FN4O5S.C3H8O2/c1-13-17-18(29)28(23(2,3)21(30)31)22(32)26(20(17)34-19(13)27-10-5-9-25-27)11-8-14-12-15(24)6-7-16(14)33-4;1-5-3-2-4/h5-7,9-10,12H,8,11H2,1-4H3,(H,30,31);4H,2-3H2,1H3. The first-order valence-electron chi connectivity index (χ1n) is 11.9. The fourth-order valence-corrected chi connectivity index (χ4v) is 5.26. The summed E-state index contributed by atoms with van der Waals surface area (Å²) in [6, 6.07) is 5.84. The average Bonchev–Trinajstić information content (AvgIpc) is 3.53. The summed E-state index contributed by atoms with van der Waals surface area (Å²) in [5.41, 5.74) is -2.10. The molecule has 0 amide bonds. The van der Waals surface area contributed by atoms with Crippen LogP contribution < -0.4 is 16.0 Å². The van der Waals surface area contributed by atoms with Gasteiger partial charge in [-0.25, -0.2) is 23.2 Å². The van der Waals surface area contributed by atoms with Crippen molar-refractivity contribution in [2.75, 3.05) is 27.4 Å². The van der Waals surface area contributed by atoms with Crippen LogP contribution in [-0.4, -0.2) is 62.5 Å². The number of rotatable bonds is 9. The molecule has 0 aliphatic heterocycles. The summed E-state index contributed by atoms with van der Waals surface area (Å²) in [4.78, 5) is 39.4. The van der Waals surface area contributed by atoms with Crippen LogP contribution >= 0.6 is 11.3 Å². The van der Waals surface area contributed by atoms with E-state index >= 15 is 0 Å². The van der Waals surface area contributed by atoms with E-state index in [4.69, 9.17) is 9.84 Å². The van der Waals surface area contributed by atoms with Crippen LogP contribution in [0.25, 0.3) is 15.2 Å². The number of halogens is 1. The summed E-state index contributed by atoms with van der Waals surface area (Å²) in [5.74, 6) is -1.30. The number of fused-ring (bicyclic) bond motifs is 1. The molecule has 0 fully saturated rings. The lowest BCUT2D eigenvalue weighted by molar-refractivity contribution is -0.146. The lowest BCUT2D eigenvalue weighted by Gasteiger charge is -2.23. The highest BCUT2D eigenvalue weighted by Gasteiger charge is 2.35. The minimum Gasteiger partial charge on any atom is -0.496 e. The summed E-state index contributed by atoms with van der Waals surface area (Å²) in [5, 5.41) is 22.8. The third kappa shape index (κ3) is 5.95. The van der Waals surface area contributed by atoms with Gasteiger partial charge >= 0.3 is 11.7 Å². The molecule has 0 spiro atoms. The van der Waals surface area contributed by atoms with E-state index in [1.165, 1.54) is 55.1 Å². The van der Waals surface area contributed by atoms with E-state index in [0.717, 1.165) is 4.57 Å². The van der Waals surface area contributed by atoms with Gasteiger partial charge in [0.25, 0.3) is 5.56 Å². The maximum absolute atomic E-state index is 13.9. The fraction of sp³-hybridized carbons (Fsp3) is 0.385. The van der Waals surface area contributed by atoms with Crippen molar-refractivity contribution in [3.63, 3.8) is 0 Å². The molecule has 4 rings (SSSR count). The summed E-state index contributed by atoms with van der Waals surface area (Å²) in [7, 11) is 3.02. The normalized spacial score (nSPS) is 11.4. The Balaban J connectivity index is 0.000000771. The van der Waals surface area contributed by atoms with E-state index in [-0.39, 0.29) is 25.0 Å². The second kappa shape index (κ2) is 12.4. The van der Waals surface area contributed by atoms with Crippen LogP contribution in [0.3, 0.4) is 0 Å². The number of aliphatic carboxylic acids is 1. The molecule has 11 nitrogen and oxygen atoms in total. The zero-order valence-corrected chi connectivity index (χ0v) is 23.1. The quantitative estimate of drug-likeness (QED) is 0.318. The Morgan fingerprint density at radius 1 is 1.23 bits per heavy atom. The van der Waals surface area contributed by atoms with Gasteiger partial charge in [0.05, 0.1) is 25.7 Å². The number of hydrogen-bond acceptors (Lipinski definition) is 8. The minimum atomic E-state index is -1.79. The molecule has 0 saturated carbocycles. The Morgan fingerprint density at radius 2 is 1.95 bits per heavy atom. The molecule has 0 bridgehead atoms. The van der Waals surface area contributed by atoms with Gasteiger partial charge in [0.15, 0.2) is 0 Å². The molecule has 0 aliphatic rings. The fourth-order valence-electron chi connectivity index (χ4n) is 3.99. The maximum atomic E-state index is 13.9. The van der Waals surface area contributed by atoms with E-state index in [0.29, 0.717) is 33.3 Å². The molecular formula is C26H31FN4O7S. The van der Waals surface area contributed by atoms with Crippen LogP contribution in [0.5, 0.6) is 5.75 Å². The van der Waals surface area contributed by atoms with E-state index in [1.807, 2.05) is 0 Å². The third-order valence-electron chi connectivity index (χ3n) is 6.12. The highest BCUT2D eigenvalue weighted by molar-refractivity contribution is 7.21. The van der Waals surface area contributed by atoms with E-state index < -0.39 is 28.6 Å². The van der Waals surface area contributed by atoms with Gasteiger partial charge in [0.1, 0.15) is 26.9 Å². The number of aliphatic hydroxyl groups is 1. The SMILES string of the molecule is COCCO.COc1ccc(F)cc1CCn1c(=O)n(C(C)(C)C(=O)O)c(=O)c2c(C)c(-n3cccn3)sc21. The van der Waals surface area contributed by atoms with Crippen molar-refractivity contribution in [2.45, 2.75) is 39.3 Å². The Hall–Kier alpha value is -3.81. The Morgan fingerprint density at radius 3 is 2.49 bits per heavy atom. The molecule has 1 aromatic carbocycles. The average molecular weight is 563 g/mol. The van der Waals surface area contributed by atoms with Crippen molar-refractivity contribution in [1.29, 1.82) is 0 Å². The summed E-state index contributed by atoms with van der Waals surface area (Å²) < 4.78 is 27.4. The van der Waals surface area contributed by atoms with Gasteiger partial charge in [-0.3, -0.25) is 9.36 Å². The largest absolute Gasteiger partial charge is 0.496 e. The number of aliphatic hydroxyl groups excluding tert-OH is 1. The molecule has 0 unspecified atom stereocenters. The van der Waals surface area contributed by atoms with Crippen LogP contribution in [-0.2, 0) is 28.0 Å². The number of aromatic nitrogens is 4. The number of methoxy groups -OCH3 is 2. The van der Waals surface area contributed by atoms with Crippen molar-refractivity contribution in [1.82, 2.24) is 18.9 Å². The first-order chi connectivity index (χ1) is 18.5. The molecule has 0 saturated heterocycles.